The van der Waals surface area contributed by atoms with Crippen LogP contribution >= 0.6 is 0 Å². The Labute approximate surface area is 170 Å². The molecule has 2 aromatic carbocycles. The smallest absolute Gasteiger partial charge is 0.318 e. The molecule has 1 aliphatic rings. The summed E-state index contributed by atoms with van der Waals surface area (Å²) in [5.74, 6) is -0.382. The van der Waals surface area contributed by atoms with E-state index < -0.39 is 0 Å². The number of carbonyl (C=O) groups excluding carboxylic acids is 3. The highest BCUT2D eigenvalue weighted by Gasteiger charge is 2.29. The number of urea groups is 1. The van der Waals surface area contributed by atoms with Crippen LogP contribution in [0.15, 0.2) is 48.5 Å². The Balaban J connectivity index is 1.58. The second kappa shape index (κ2) is 9.23. The lowest BCUT2D eigenvalue weighted by molar-refractivity contribution is -0.121. The first-order valence-electron chi connectivity index (χ1n) is 9.72. The predicted octanol–water partition coefficient (Wildman–Crippen LogP) is 3.24. The number of nitrogens with one attached hydrogen (secondary N) is 3. The van der Waals surface area contributed by atoms with Gasteiger partial charge in [-0.1, -0.05) is 17.7 Å². The van der Waals surface area contributed by atoms with E-state index in [1.54, 1.807) is 36.2 Å². The van der Waals surface area contributed by atoms with Crippen molar-refractivity contribution in [1.82, 2.24) is 10.2 Å². The number of rotatable bonds is 4. The molecule has 0 saturated carbocycles. The van der Waals surface area contributed by atoms with Crippen molar-refractivity contribution in [2.45, 2.75) is 19.8 Å². The van der Waals surface area contributed by atoms with E-state index in [-0.39, 0.29) is 23.8 Å². The van der Waals surface area contributed by atoms with Crippen molar-refractivity contribution in [2.24, 2.45) is 5.92 Å². The van der Waals surface area contributed by atoms with Crippen LogP contribution in [0.25, 0.3) is 0 Å². The van der Waals surface area contributed by atoms with Gasteiger partial charge in [0.1, 0.15) is 0 Å². The number of piperidine rings is 1. The zero-order chi connectivity index (χ0) is 20.8. The van der Waals surface area contributed by atoms with E-state index in [9.17, 15) is 14.4 Å². The fraction of sp³-hybridized carbons (Fsp3) is 0.318. The molecule has 3 rings (SSSR count). The van der Waals surface area contributed by atoms with Gasteiger partial charge in [0.15, 0.2) is 0 Å². The SMILES string of the molecule is CNC(=O)Nc1ccc(NC(=O)C2CCCN(C(=O)c3ccc(C)cc3)C2)cc1. The second-order valence-electron chi connectivity index (χ2n) is 7.23. The van der Waals surface area contributed by atoms with Crippen molar-refractivity contribution >= 4 is 29.2 Å². The van der Waals surface area contributed by atoms with Crippen molar-refractivity contribution in [3.63, 3.8) is 0 Å². The summed E-state index contributed by atoms with van der Waals surface area (Å²) in [5.41, 5.74) is 3.04. The molecule has 29 heavy (non-hydrogen) atoms. The predicted molar refractivity (Wildman–Crippen MR) is 113 cm³/mol. The highest BCUT2D eigenvalue weighted by molar-refractivity contribution is 5.96. The maximum atomic E-state index is 12.7. The Hall–Kier alpha value is -3.35. The van der Waals surface area contributed by atoms with E-state index in [0.717, 1.165) is 18.4 Å². The maximum absolute atomic E-state index is 12.7. The molecule has 7 nitrogen and oxygen atoms in total. The largest absolute Gasteiger partial charge is 0.341 e. The lowest BCUT2D eigenvalue weighted by Crippen LogP contribution is -2.43. The van der Waals surface area contributed by atoms with E-state index in [0.29, 0.717) is 30.0 Å². The molecule has 2 aromatic rings. The van der Waals surface area contributed by atoms with Gasteiger partial charge in [-0.3, -0.25) is 9.59 Å². The van der Waals surface area contributed by atoms with E-state index in [2.05, 4.69) is 16.0 Å². The van der Waals surface area contributed by atoms with Crippen LogP contribution in [0.4, 0.5) is 16.2 Å². The van der Waals surface area contributed by atoms with Crippen LogP contribution in [-0.2, 0) is 4.79 Å². The molecule has 1 heterocycles. The first kappa shape index (κ1) is 20.4. The summed E-state index contributed by atoms with van der Waals surface area (Å²) >= 11 is 0. The van der Waals surface area contributed by atoms with Crippen molar-refractivity contribution < 1.29 is 14.4 Å². The first-order valence-corrected chi connectivity index (χ1v) is 9.72. The van der Waals surface area contributed by atoms with Gasteiger partial charge in [0.2, 0.25) is 5.91 Å². The zero-order valence-corrected chi connectivity index (χ0v) is 16.7. The highest BCUT2D eigenvalue weighted by Crippen LogP contribution is 2.21. The lowest BCUT2D eigenvalue weighted by Gasteiger charge is -2.32. The number of benzene rings is 2. The van der Waals surface area contributed by atoms with Crippen LogP contribution in [0.5, 0.6) is 0 Å². The molecule has 0 spiro atoms. The molecule has 0 aromatic heterocycles. The van der Waals surface area contributed by atoms with Crippen LogP contribution in [-0.4, -0.2) is 42.9 Å². The van der Waals surface area contributed by atoms with Gasteiger partial charge in [0.05, 0.1) is 5.92 Å². The van der Waals surface area contributed by atoms with Crippen LogP contribution < -0.4 is 16.0 Å². The molecular weight excluding hydrogens is 368 g/mol. The van der Waals surface area contributed by atoms with Crippen LogP contribution in [0.3, 0.4) is 0 Å². The normalized spacial score (nSPS) is 16.1. The minimum absolute atomic E-state index is 0.0351. The highest BCUT2D eigenvalue weighted by atomic mass is 16.2. The van der Waals surface area contributed by atoms with Gasteiger partial charge < -0.3 is 20.9 Å². The summed E-state index contributed by atoms with van der Waals surface area (Å²) in [4.78, 5) is 38.5. The third kappa shape index (κ3) is 5.34. The number of hydrogen-bond donors (Lipinski definition) is 3. The van der Waals surface area contributed by atoms with Crippen LogP contribution in [0.1, 0.15) is 28.8 Å². The number of nitrogens with zero attached hydrogens (tertiary/aromatic N) is 1. The third-order valence-electron chi connectivity index (χ3n) is 5.02. The van der Waals surface area contributed by atoms with Crippen LogP contribution in [0, 0.1) is 12.8 Å². The van der Waals surface area contributed by atoms with Gasteiger partial charge in [0.25, 0.3) is 5.91 Å². The number of aryl methyl sites for hydroxylation is 1. The lowest BCUT2D eigenvalue weighted by atomic mass is 9.96. The second-order valence-corrected chi connectivity index (χ2v) is 7.23. The van der Waals surface area contributed by atoms with Crippen LogP contribution in [0.2, 0.25) is 0 Å². The maximum Gasteiger partial charge on any atom is 0.318 e. The quantitative estimate of drug-likeness (QED) is 0.744. The number of amides is 4. The Kier molecular flexibility index (Phi) is 6.49. The fourth-order valence-electron chi connectivity index (χ4n) is 3.33. The van der Waals surface area contributed by atoms with Crippen molar-refractivity contribution in [2.75, 3.05) is 30.8 Å². The Morgan fingerprint density at radius 1 is 0.931 bits per heavy atom. The van der Waals surface area contributed by atoms with E-state index in [1.807, 2.05) is 31.2 Å². The van der Waals surface area contributed by atoms with Gasteiger partial charge in [-0.05, 0) is 56.2 Å². The molecule has 0 radical (unpaired) electrons. The summed E-state index contributed by atoms with van der Waals surface area (Å²) in [6, 6.07) is 14.1. The van der Waals surface area contributed by atoms with Gasteiger partial charge in [-0.2, -0.15) is 0 Å². The van der Waals surface area contributed by atoms with Crippen molar-refractivity contribution in [3.05, 3.63) is 59.7 Å². The third-order valence-corrected chi connectivity index (χ3v) is 5.02. The van der Waals surface area contributed by atoms with Crippen molar-refractivity contribution in [3.8, 4) is 0 Å². The first-order chi connectivity index (χ1) is 14.0. The average molecular weight is 394 g/mol. The topological polar surface area (TPSA) is 90.5 Å². The average Bonchev–Trinajstić information content (AvgIpc) is 2.75. The summed E-state index contributed by atoms with van der Waals surface area (Å²) in [5, 5.41) is 8.05. The summed E-state index contributed by atoms with van der Waals surface area (Å²) < 4.78 is 0. The summed E-state index contributed by atoms with van der Waals surface area (Å²) in [7, 11) is 1.54. The van der Waals surface area contributed by atoms with Gasteiger partial charge in [-0.25, -0.2) is 4.79 Å². The molecule has 1 unspecified atom stereocenters. The standard InChI is InChI=1S/C22H26N4O3/c1-15-5-7-16(8-6-15)21(28)26-13-3-4-17(14-26)20(27)24-18-9-11-19(12-10-18)25-22(29)23-2/h5-12,17H,3-4,13-14H2,1-2H3,(H,24,27)(H2,23,25,29). The van der Waals surface area contributed by atoms with Crippen molar-refractivity contribution in [1.29, 1.82) is 0 Å². The Morgan fingerprint density at radius 2 is 1.55 bits per heavy atom. The molecular formula is C22H26N4O3. The zero-order valence-electron chi connectivity index (χ0n) is 16.7. The summed E-state index contributed by atoms with van der Waals surface area (Å²) in [6.07, 6.45) is 1.55. The molecule has 1 aliphatic heterocycles. The van der Waals surface area contributed by atoms with Gasteiger partial charge in [0, 0.05) is 37.1 Å². The molecule has 3 N–H and O–H groups in total. The Morgan fingerprint density at radius 3 is 2.17 bits per heavy atom. The number of hydrogen-bond acceptors (Lipinski definition) is 3. The van der Waals surface area contributed by atoms with Gasteiger partial charge >= 0.3 is 6.03 Å². The van der Waals surface area contributed by atoms with E-state index >= 15 is 0 Å². The van der Waals surface area contributed by atoms with Gasteiger partial charge in [-0.15, -0.1) is 0 Å². The number of likely N-dealkylation sites (tertiary alicyclic amines) is 1. The number of carbonyl (C=O) groups is 3. The molecule has 4 amide bonds. The monoisotopic (exact) mass is 394 g/mol. The Bertz CT molecular complexity index is 878. The minimum Gasteiger partial charge on any atom is -0.341 e. The summed E-state index contributed by atoms with van der Waals surface area (Å²) in [6.45, 7) is 3.06. The number of anilines is 2. The van der Waals surface area contributed by atoms with E-state index in [4.69, 9.17) is 0 Å². The van der Waals surface area contributed by atoms with E-state index in [1.165, 1.54) is 0 Å². The minimum atomic E-state index is -0.303. The molecule has 1 atom stereocenters. The molecule has 0 bridgehead atoms. The molecule has 0 aliphatic carbocycles. The molecule has 7 heteroatoms. The molecule has 152 valence electrons. The molecule has 1 fully saturated rings. The molecule has 1 saturated heterocycles. The fourth-order valence-corrected chi connectivity index (χ4v) is 3.33.